The second kappa shape index (κ2) is 23.5. The molecule has 6 N–H and O–H groups in total. The first-order valence-corrected chi connectivity index (χ1v) is 17.4. The van der Waals surface area contributed by atoms with Crippen LogP contribution in [0, 0.1) is 12.3 Å². The molecular weight excluding hydrogens is 738 g/mol. The van der Waals surface area contributed by atoms with Crippen molar-refractivity contribution in [2.45, 2.75) is 78.7 Å². The zero-order valence-electron chi connectivity index (χ0n) is 30.5. The number of nitrogens with zero attached hydrogens (tertiary/aromatic N) is 3. The third-order valence-corrected chi connectivity index (χ3v) is 6.41. The highest BCUT2D eigenvalue weighted by atomic mass is 79.9. The number of terminal acetylenes is 1. The minimum absolute atomic E-state index is 0.00849. The molecule has 2 aromatic carbocycles. The molecule has 0 saturated carbocycles. The predicted octanol–water partition coefficient (Wildman–Crippen LogP) is 4.18. The number of anilines is 2. The molecule has 4 amide bonds. The molecule has 284 valence electrons. The van der Waals surface area contributed by atoms with Gasteiger partial charge in [0.15, 0.2) is 0 Å². The highest BCUT2D eigenvalue weighted by Crippen LogP contribution is 2.12. The Balaban J connectivity index is 0.000000484. The fourth-order valence-corrected chi connectivity index (χ4v) is 3.93. The molecule has 15 nitrogen and oxygen atoms in total. The average Bonchev–Trinajstić information content (AvgIpc) is 3.52. The van der Waals surface area contributed by atoms with Crippen LogP contribution in [-0.2, 0) is 45.1 Å². The normalized spacial score (nSPS) is 10.5. The third-order valence-electron chi connectivity index (χ3n) is 5.91. The van der Waals surface area contributed by atoms with Gasteiger partial charge in [0.1, 0.15) is 30.0 Å². The van der Waals surface area contributed by atoms with Crippen LogP contribution in [0.25, 0.3) is 0 Å². The number of amides is 4. The zero-order chi connectivity index (χ0) is 39.2. The molecule has 0 saturated heterocycles. The second-order valence-corrected chi connectivity index (χ2v) is 13.5. The van der Waals surface area contributed by atoms with Crippen molar-refractivity contribution >= 4 is 51.3 Å². The number of ether oxygens (including phenoxy) is 2. The van der Waals surface area contributed by atoms with E-state index >= 15 is 0 Å². The molecule has 1 heterocycles. The SMILES string of the molecule is C#CCO.CC(C)(C)OC(=O)NCCc1ccc(NC(=O)CBr)cc1.CC(C)(C)OC(=O)NCCc1ccc(NC(=O)Cn2cc(CO)nn2)cc1. The van der Waals surface area contributed by atoms with Crippen molar-refractivity contribution in [1.82, 2.24) is 25.6 Å². The highest BCUT2D eigenvalue weighted by molar-refractivity contribution is 9.09. The molecule has 0 radical (unpaired) electrons. The number of aliphatic hydroxyl groups is 2. The van der Waals surface area contributed by atoms with Crippen molar-refractivity contribution in [3.63, 3.8) is 0 Å². The van der Waals surface area contributed by atoms with E-state index in [1.165, 1.54) is 10.9 Å². The maximum Gasteiger partial charge on any atom is 0.407 e. The number of alkyl carbamates (subject to hydrolysis) is 2. The van der Waals surface area contributed by atoms with Crippen LogP contribution < -0.4 is 21.3 Å². The molecule has 0 fully saturated rings. The lowest BCUT2D eigenvalue weighted by Gasteiger charge is -2.19. The van der Waals surface area contributed by atoms with Crippen molar-refractivity contribution in [3.05, 3.63) is 71.5 Å². The van der Waals surface area contributed by atoms with Gasteiger partial charge in [0.2, 0.25) is 11.8 Å². The number of hydrogen-bond donors (Lipinski definition) is 6. The molecule has 0 spiro atoms. The quantitative estimate of drug-likeness (QED) is 0.114. The summed E-state index contributed by atoms with van der Waals surface area (Å²) in [7, 11) is 0. The van der Waals surface area contributed by atoms with Gasteiger partial charge in [-0.25, -0.2) is 14.3 Å². The van der Waals surface area contributed by atoms with Crippen LogP contribution in [0.3, 0.4) is 0 Å². The van der Waals surface area contributed by atoms with E-state index in [0.29, 0.717) is 37.3 Å². The maximum atomic E-state index is 12.0. The first-order chi connectivity index (χ1) is 24.5. The first-order valence-electron chi connectivity index (χ1n) is 16.3. The van der Waals surface area contributed by atoms with E-state index in [2.05, 4.69) is 53.9 Å². The Kier molecular flexibility index (Phi) is 20.3. The number of nitrogens with one attached hydrogen (secondary N) is 4. The van der Waals surface area contributed by atoms with E-state index in [0.717, 1.165) is 16.8 Å². The summed E-state index contributed by atoms with van der Waals surface area (Å²) in [5, 5.41) is 35.2. The molecule has 3 aromatic rings. The Morgan fingerprint density at radius 2 is 1.21 bits per heavy atom. The second-order valence-electron chi connectivity index (χ2n) is 12.9. The van der Waals surface area contributed by atoms with Crippen LogP contribution in [0.15, 0.2) is 54.7 Å². The number of carbonyl (C=O) groups is 4. The number of alkyl halides is 1. The standard InChI is InChI=1S/C18H25N5O4.C15H21BrN2O3.C3H4O/c1-18(2,3)27-17(26)19-9-8-13-4-6-14(7-5-13)20-16(25)11-23-10-15(12-24)21-22-23;1-15(2,3)21-14(20)17-9-8-11-4-6-12(7-5-11)18-13(19)10-16;1-2-3-4/h4-7,10,24H,8-9,11-12H2,1-3H3,(H,19,26)(H,20,25);4-7H,8-10H2,1-3H3,(H,17,20)(H,18,19);1,4H,3H2. The molecule has 52 heavy (non-hydrogen) atoms. The van der Waals surface area contributed by atoms with Crippen molar-refractivity contribution in [2.24, 2.45) is 0 Å². The zero-order valence-corrected chi connectivity index (χ0v) is 32.1. The van der Waals surface area contributed by atoms with Crippen molar-refractivity contribution in [1.29, 1.82) is 0 Å². The van der Waals surface area contributed by atoms with Crippen molar-refractivity contribution < 1.29 is 38.9 Å². The summed E-state index contributed by atoms with van der Waals surface area (Å²) >= 11 is 3.09. The van der Waals surface area contributed by atoms with E-state index in [9.17, 15) is 19.2 Å². The van der Waals surface area contributed by atoms with Crippen LogP contribution in [0.5, 0.6) is 0 Å². The van der Waals surface area contributed by atoms with Gasteiger partial charge in [0, 0.05) is 24.5 Å². The van der Waals surface area contributed by atoms with E-state index < -0.39 is 23.4 Å². The molecule has 0 unspecified atom stereocenters. The van der Waals surface area contributed by atoms with E-state index in [-0.39, 0.29) is 36.9 Å². The average molecular weight is 789 g/mol. The molecule has 3 rings (SSSR count). The number of hydrogen-bond acceptors (Lipinski definition) is 10. The van der Waals surface area contributed by atoms with Gasteiger partial charge >= 0.3 is 12.2 Å². The van der Waals surface area contributed by atoms with Crippen LogP contribution in [0.4, 0.5) is 21.0 Å². The Bertz CT molecular complexity index is 1580. The molecule has 16 heteroatoms. The Labute approximate surface area is 313 Å². The lowest BCUT2D eigenvalue weighted by atomic mass is 10.1. The van der Waals surface area contributed by atoms with Gasteiger partial charge in [-0.05, 0) is 89.8 Å². The molecule has 0 bridgehead atoms. The molecule has 0 aliphatic carbocycles. The van der Waals surface area contributed by atoms with Gasteiger partial charge < -0.3 is 41.0 Å². The number of benzene rings is 2. The van der Waals surface area contributed by atoms with Gasteiger partial charge in [-0.1, -0.05) is 51.3 Å². The number of aromatic nitrogens is 3. The minimum atomic E-state index is -0.518. The molecule has 0 aliphatic rings. The van der Waals surface area contributed by atoms with E-state index in [4.69, 9.17) is 19.7 Å². The largest absolute Gasteiger partial charge is 0.444 e. The van der Waals surface area contributed by atoms with E-state index in [1.54, 1.807) is 12.1 Å². The minimum Gasteiger partial charge on any atom is -0.444 e. The predicted molar refractivity (Wildman–Crippen MR) is 202 cm³/mol. The smallest absolute Gasteiger partial charge is 0.407 e. The summed E-state index contributed by atoms with van der Waals surface area (Å²) in [5.41, 5.74) is 2.91. The summed E-state index contributed by atoms with van der Waals surface area (Å²) in [6.45, 7) is 11.5. The Morgan fingerprint density at radius 1 is 0.788 bits per heavy atom. The van der Waals surface area contributed by atoms with Gasteiger partial charge in [-0.15, -0.1) is 11.5 Å². The Morgan fingerprint density at radius 3 is 1.56 bits per heavy atom. The third kappa shape index (κ3) is 22.0. The number of rotatable bonds is 12. The van der Waals surface area contributed by atoms with Crippen molar-refractivity contribution in [2.75, 3.05) is 35.7 Å². The first kappa shape index (κ1) is 45.0. The monoisotopic (exact) mass is 787 g/mol. The molecule has 0 aliphatic heterocycles. The van der Waals surface area contributed by atoms with Gasteiger partial charge in [0.25, 0.3) is 0 Å². The van der Waals surface area contributed by atoms with Gasteiger partial charge in [-0.2, -0.15) is 0 Å². The Hall–Kier alpha value is -4.98. The lowest BCUT2D eigenvalue weighted by molar-refractivity contribution is -0.117. The maximum absolute atomic E-state index is 12.0. The number of halogens is 1. The summed E-state index contributed by atoms with van der Waals surface area (Å²) in [6, 6.07) is 14.9. The summed E-state index contributed by atoms with van der Waals surface area (Å²) < 4.78 is 11.7. The number of aliphatic hydroxyl groups excluding tert-OH is 2. The number of carbonyl (C=O) groups excluding carboxylic acids is 4. The van der Waals surface area contributed by atoms with Crippen LogP contribution in [-0.4, -0.2) is 85.4 Å². The molecule has 0 atom stereocenters. The lowest BCUT2D eigenvalue weighted by Crippen LogP contribution is -2.33. The summed E-state index contributed by atoms with van der Waals surface area (Å²) in [5.74, 6) is 1.65. The van der Waals surface area contributed by atoms with Crippen molar-refractivity contribution in [3.8, 4) is 12.3 Å². The molecular formula is C36H50BrN7O8. The van der Waals surface area contributed by atoms with Gasteiger partial charge in [0.05, 0.1) is 18.1 Å². The van der Waals surface area contributed by atoms with Gasteiger partial charge in [-0.3, -0.25) is 9.59 Å². The fraction of sp³-hybridized carbons (Fsp3) is 0.444. The van der Waals surface area contributed by atoms with E-state index in [1.807, 2.05) is 83.9 Å². The highest BCUT2D eigenvalue weighted by Gasteiger charge is 2.16. The van der Waals surface area contributed by atoms with Crippen LogP contribution in [0.2, 0.25) is 0 Å². The topological polar surface area (TPSA) is 206 Å². The molecule has 1 aromatic heterocycles. The van der Waals surface area contributed by atoms with Crippen LogP contribution >= 0.6 is 15.9 Å². The summed E-state index contributed by atoms with van der Waals surface area (Å²) in [4.78, 5) is 46.3. The summed E-state index contributed by atoms with van der Waals surface area (Å²) in [6.07, 6.45) is 6.54. The fourth-order valence-electron chi connectivity index (χ4n) is 3.79. The van der Waals surface area contributed by atoms with Crippen LogP contribution in [0.1, 0.15) is 58.4 Å².